The van der Waals surface area contributed by atoms with E-state index in [1.54, 1.807) is 6.92 Å². The first kappa shape index (κ1) is 14.4. The van der Waals surface area contributed by atoms with Gasteiger partial charge in [0.15, 0.2) is 0 Å². The van der Waals surface area contributed by atoms with Crippen molar-refractivity contribution in [2.45, 2.75) is 59.4 Å². The van der Waals surface area contributed by atoms with Gasteiger partial charge in [0.2, 0.25) is 5.91 Å². The van der Waals surface area contributed by atoms with Gasteiger partial charge >= 0.3 is 5.97 Å². The Balaban J connectivity index is 1.95. The Morgan fingerprint density at radius 2 is 2.00 bits per heavy atom. The van der Waals surface area contributed by atoms with Crippen LogP contribution in [0.3, 0.4) is 0 Å². The van der Waals surface area contributed by atoms with Gasteiger partial charge in [0, 0.05) is 6.04 Å². The van der Waals surface area contributed by atoms with Crippen LogP contribution in [0.2, 0.25) is 0 Å². The highest BCUT2D eigenvalue weighted by Gasteiger charge is 2.61. The van der Waals surface area contributed by atoms with Crippen LogP contribution in [0.15, 0.2) is 0 Å². The molecule has 1 amide bonds. The molecule has 0 aromatic carbocycles. The molecule has 4 heteroatoms. The van der Waals surface area contributed by atoms with Gasteiger partial charge in [-0.2, -0.15) is 0 Å². The van der Waals surface area contributed by atoms with Crippen LogP contribution in [0.1, 0.15) is 53.4 Å². The van der Waals surface area contributed by atoms with E-state index in [4.69, 9.17) is 4.74 Å². The number of esters is 1. The summed E-state index contributed by atoms with van der Waals surface area (Å²) in [5, 5.41) is 3.06. The minimum absolute atomic E-state index is 0.155. The Hall–Kier alpha value is -1.06. The molecule has 2 saturated carbocycles. The zero-order valence-electron chi connectivity index (χ0n) is 12.4. The molecule has 2 aliphatic rings. The third-order valence-electron chi connectivity index (χ3n) is 5.74. The van der Waals surface area contributed by atoms with Crippen LogP contribution in [0, 0.1) is 16.7 Å². The monoisotopic (exact) mass is 267 g/mol. The molecule has 0 unspecified atom stereocenters. The van der Waals surface area contributed by atoms with Gasteiger partial charge < -0.3 is 10.1 Å². The average molecular weight is 267 g/mol. The summed E-state index contributed by atoms with van der Waals surface area (Å²) in [6.45, 7) is 8.96. The largest absolute Gasteiger partial charge is 0.466 e. The molecule has 19 heavy (non-hydrogen) atoms. The van der Waals surface area contributed by atoms with Crippen molar-refractivity contribution in [1.29, 1.82) is 0 Å². The Morgan fingerprint density at radius 1 is 1.32 bits per heavy atom. The highest BCUT2D eigenvalue weighted by molar-refractivity contribution is 5.94. The number of nitrogens with one attached hydrogen (secondary N) is 1. The highest BCUT2D eigenvalue weighted by Crippen LogP contribution is 2.65. The second-order valence-electron chi connectivity index (χ2n) is 6.71. The molecule has 108 valence electrons. The van der Waals surface area contributed by atoms with E-state index in [0.717, 1.165) is 12.8 Å². The van der Waals surface area contributed by atoms with Crippen molar-refractivity contribution in [3.8, 4) is 0 Å². The molecule has 1 N–H and O–H groups in total. The summed E-state index contributed by atoms with van der Waals surface area (Å²) in [6, 6.07) is 0.197. The molecule has 2 fully saturated rings. The first-order valence-electron chi connectivity index (χ1n) is 7.26. The predicted octanol–water partition coefficient (Wildman–Crippen LogP) is 2.27. The molecule has 0 spiro atoms. The number of rotatable bonds is 4. The number of hydrogen-bond acceptors (Lipinski definition) is 3. The smallest absolute Gasteiger partial charge is 0.315 e. The summed E-state index contributed by atoms with van der Waals surface area (Å²) < 4.78 is 4.81. The maximum atomic E-state index is 11.9. The quantitative estimate of drug-likeness (QED) is 0.628. The first-order valence-corrected chi connectivity index (χ1v) is 7.26. The Labute approximate surface area is 115 Å². The second kappa shape index (κ2) is 4.80. The van der Waals surface area contributed by atoms with Crippen LogP contribution in [0.5, 0.6) is 0 Å². The fraction of sp³-hybridized carbons (Fsp3) is 0.867. The number of ether oxygens (including phenoxy) is 1. The lowest BCUT2D eigenvalue weighted by Crippen LogP contribution is -2.47. The van der Waals surface area contributed by atoms with E-state index in [0.29, 0.717) is 12.5 Å². The van der Waals surface area contributed by atoms with Crippen LogP contribution >= 0.6 is 0 Å². The van der Waals surface area contributed by atoms with Crippen molar-refractivity contribution >= 4 is 11.9 Å². The van der Waals surface area contributed by atoms with E-state index in [-0.39, 0.29) is 29.2 Å². The fourth-order valence-electron chi connectivity index (χ4n) is 4.01. The van der Waals surface area contributed by atoms with Crippen molar-refractivity contribution in [1.82, 2.24) is 5.32 Å². The van der Waals surface area contributed by atoms with Gasteiger partial charge in [0.1, 0.15) is 6.42 Å². The summed E-state index contributed by atoms with van der Waals surface area (Å²) >= 11 is 0. The lowest BCUT2D eigenvalue weighted by Gasteiger charge is -2.39. The maximum Gasteiger partial charge on any atom is 0.315 e. The van der Waals surface area contributed by atoms with Crippen LogP contribution in [0.4, 0.5) is 0 Å². The van der Waals surface area contributed by atoms with E-state index >= 15 is 0 Å². The van der Waals surface area contributed by atoms with E-state index in [2.05, 4.69) is 26.1 Å². The molecule has 2 aliphatic carbocycles. The molecule has 4 nitrogen and oxygen atoms in total. The lowest BCUT2D eigenvalue weighted by atomic mass is 9.69. The molecule has 2 rings (SSSR count). The first-order chi connectivity index (χ1) is 8.81. The second-order valence-corrected chi connectivity index (χ2v) is 6.71. The van der Waals surface area contributed by atoms with Gasteiger partial charge in [-0.1, -0.05) is 20.8 Å². The summed E-state index contributed by atoms with van der Waals surface area (Å²) in [7, 11) is 0. The van der Waals surface area contributed by atoms with Crippen LogP contribution in [-0.4, -0.2) is 24.5 Å². The van der Waals surface area contributed by atoms with E-state index in [1.165, 1.54) is 6.42 Å². The fourth-order valence-corrected chi connectivity index (χ4v) is 4.01. The normalized spacial score (nSPS) is 35.2. The molecule has 0 radical (unpaired) electrons. The maximum absolute atomic E-state index is 11.9. The van der Waals surface area contributed by atoms with Gasteiger partial charge in [-0.15, -0.1) is 0 Å². The van der Waals surface area contributed by atoms with Gasteiger partial charge in [-0.05, 0) is 42.9 Å². The molecular weight excluding hydrogens is 242 g/mol. The van der Waals surface area contributed by atoms with Gasteiger partial charge in [-0.25, -0.2) is 0 Å². The van der Waals surface area contributed by atoms with E-state index in [9.17, 15) is 9.59 Å². The summed E-state index contributed by atoms with van der Waals surface area (Å²) in [5.41, 5.74) is 0.427. The summed E-state index contributed by atoms with van der Waals surface area (Å²) in [5.74, 6) is 0.0472. The molecule has 0 aliphatic heterocycles. The predicted molar refractivity (Wildman–Crippen MR) is 72.4 cm³/mol. The molecule has 0 heterocycles. The zero-order chi connectivity index (χ0) is 14.3. The van der Waals surface area contributed by atoms with Crippen molar-refractivity contribution in [2.24, 2.45) is 16.7 Å². The van der Waals surface area contributed by atoms with Crippen molar-refractivity contribution in [2.75, 3.05) is 6.61 Å². The van der Waals surface area contributed by atoms with Crippen molar-refractivity contribution in [3.63, 3.8) is 0 Å². The topological polar surface area (TPSA) is 55.4 Å². The molecule has 3 atom stereocenters. The van der Waals surface area contributed by atoms with Gasteiger partial charge in [0.25, 0.3) is 0 Å². The van der Waals surface area contributed by atoms with Crippen molar-refractivity contribution in [3.05, 3.63) is 0 Å². The molecule has 0 aromatic heterocycles. The number of carbonyl (C=O) groups is 2. The number of amides is 1. The van der Waals surface area contributed by atoms with E-state index in [1.807, 2.05) is 0 Å². The number of hydrogen-bond donors (Lipinski definition) is 1. The highest BCUT2D eigenvalue weighted by atomic mass is 16.5. The zero-order valence-corrected chi connectivity index (χ0v) is 12.4. The van der Waals surface area contributed by atoms with Crippen LogP contribution in [-0.2, 0) is 14.3 Å². The summed E-state index contributed by atoms with van der Waals surface area (Å²) in [4.78, 5) is 23.2. The minimum atomic E-state index is -0.437. The minimum Gasteiger partial charge on any atom is -0.466 e. The van der Waals surface area contributed by atoms with E-state index < -0.39 is 5.97 Å². The third kappa shape index (κ3) is 2.26. The molecule has 0 aromatic rings. The third-order valence-corrected chi connectivity index (χ3v) is 5.74. The van der Waals surface area contributed by atoms with Gasteiger partial charge in [-0.3, -0.25) is 9.59 Å². The Bertz CT molecular complexity index is 391. The molecule has 0 saturated heterocycles. The van der Waals surface area contributed by atoms with Gasteiger partial charge in [0.05, 0.1) is 6.61 Å². The number of carbonyl (C=O) groups excluding carboxylic acids is 2. The summed E-state index contributed by atoms with van der Waals surface area (Å²) in [6.07, 6.45) is 3.30. The van der Waals surface area contributed by atoms with Crippen LogP contribution < -0.4 is 5.32 Å². The molecular formula is C15H25NO3. The Morgan fingerprint density at radius 3 is 2.47 bits per heavy atom. The average Bonchev–Trinajstić information content (AvgIpc) is 2.62. The Kier molecular flexibility index (Phi) is 3.63. The SMILES string of the molecule is CCOC(=O)CC(=O)N[C@@H]1C[C@@H]2CC[C@]1(C)C2(C)C. The lowest BCUT2D eigenvalue weighted by molar-refractivity contribution is -0.146. The van der Waals surface area contributed by atoms with Crippen molar-refractivity contribution < 1.29 is 14.3 Å². The van der Waals surface area contributed by atoms with Crippen LogP contribution in [0.25, 0.3) is 0 Å². The standard InChI is InChI=1S/C15H25NO3/c1-5-19-13(18)9-12(17)16-11-8-10-6-7-15(11,4)14(10,2)3/h10-11H,5-9H2,1-4H3,(H,16,17)/t10-,11+,15-/m0/s1. The number of fused-ring (bicyclic) bond motifs is 2. The molecule has 2 bridgehead atoms.